The zero-order chi connectivity index (χ0) is 20.4. The molecule has 0 spiro atoms. The largest absolute Gasteiger partial charge is 0.457 e. The summed E-state index contributed by atoms with van der Waals surface area (Å²) in [4.78, 5) is 26.8. The Morgan fingerprint density at radius 1 is 1.17 bits per heavy atom. The van der Waals surface area contributed by atoms with Crippen molar-refractivity contribution in [3.05, 3.63) is 81.6 Å². The summed E-state index contributed by atoms with van der Waals surface area (Å²) in [6.45, 7) is 0. The van der Waals surface area contributed by atoms with Gasteiger partial charge in [-0.2, -0.15) is 0 Å². The fourth-order valence-electron chi connectivity index (χ4n) is 2.60. The van der Waals surface area contributed by atoms with Crippen molar-refractivity contribution >= 4 is 56.0 Å². The fraction of sp³-hybridized carbons (Fsp3) is 0. The van der Waals surface area contributed by atoms with E-state index < -0.39 is 4.92 Å². The molecule has 0 aliphatic carbocycles. The highest BCUT2D eigenvalue weighted by atomic mass is 35.5. The first-order valence-electron chi connectivity index (χ1n) is 8.38. The molecule has 0 radical (unpaired) electrons. The first kappa shape index (κ1) is 18.9. The van der Waals surface area contributed by atoms with E-state index in [1.807, 2.05) is 12.1 Å². The van der Waals surface area contributed by atoms with E-state index in [-0.39, 0.29) is 11.6 Å². The third-order valence-corrected chi connectivity index (χ3v) is 5.15. The van der Waals surface area contributed by atoms with Crippen molar-refractivity contribution < 1.29 is 14.1 Å². The molecule has 0 aliphatic rings. The van der Waals surface area contributed by atoms with E-state index in [9.17, 15) is 14.9 Å². The molecule has 4 aromatic rings. The highest BCUT2D eigenvalue weighted by molar-refractivity contribution is 7.22. The molecular formula is C20H12ClN3O4S. The standard InChI is InChI=1S/C20H12ClN3O4S/c21-13-3-1-12(2-4-13)17-9-6-15(28-17)7-10-19(25)23-20-22-16-8-5-14(24(26)27)11-18(16)29-20/h1-11H,(H,22,23,25). The van der Waals surface area contributed by atoms with E-state index in [4.69, 9.17) is 16.0 Å². The minimum Gasteiger partial charge on any atom is -0.457 e. The first-order valence-corrected chi connectivity index (χ1v) is 9.57. The van der Waals surface area contributed by atoms with Gasteiger partial charge in [-0.05, 0) is 48.5 Å². The lowest BCUT2D eigenvalue weighted by molar-refractivity contribution is -0.384. The van der Waals surface area contributed by atoms with Gasteiger partial charge < -0.3 is 4.42 Å². The van der Waals surface area contributed by atoms with Crippen molar-refractivity contribution in [3.63, 3.8) is 0 Å². The van der Waals surface area contributed by atoms with Crippen LogP contribution in [-0.2, 0) is 4.79 Å². The highest BCUT2D eigenvalue weighted by Crippen LogP contribution is 2.29. The maximum atomic E-state index is 12.2. The number of thiazole rings is 1. The predicted octanol–water partition coefficient (Wildman–Crippen LogP) is 5.77. The summed E-state index contributed by atoms with van der Waals surface area (Å²) < 4.78 is 6.33. The Kier molecular flexibility index (Phi) is 5.11. The molecule has 0 saturated carbocycles. The molecule has 2 aromatic heterocycles. The number of carbonyl (C=O) groups is 1. The first-order chi connectivity index (χ1) is 14.0. The smallest absolute Gasteiger partial charge is 0.270 e. The van der Waals surface area contributed by atoms with E-state index in [1.54, 1.807) is 36.4 Å². The molecule has 1 amide bonds. The van der Waals surface area contributed by atoms with Crippen LogP contribution in [0.15, 0.2) is 65.1 Å². The zero-order valence-corrected chi connectivity index (χ0v) is 16.2. The average Bonchev–Trinajstić information content (AvgIpc) is 3.32. The van der Waals surface area contributed by atoms with Crippen LogP contribution in [0.3, 0.4) is 0 Å². The molecule has 0 saturated heterocycles. The number of benzene rings is 2. The Morgan fingerprint density at radius 2 is 1.97 bits per heavy atom. The molecule has 1 N–H and O–H groups in total. The highest BCUT2D eigenvalue weighted by Gasteiger charge is 2.11. The van der Waals surface area contributed by atoms with Gasteiger partial charge in [0.1, 0.15) is 11.5 Å². The Balaban J connectivity index is 1.44. The van der Waals surface area contributed by atoms with Crippen LogP contribution >= 0.6 is 22.9 Å². The Bertz CT molecular complexity index is 1240. The van der Waals surface area contributed by atoms with Gasteiger partial charge >= 0.3 is 0 Å². The molecule has 29 heavy (non-hydrogen) atoms. The van der Waals surface area contributed by atoms with Gasteiger partial charge in [0.2, 0.25) is 5.91 Å². The number of fused-ring (bicyclic) bond motifs is 1. The number of furan rings is 1. The second-order valence-corrected chi connectivity index (χ2v) is 7.43. The van der Waals surface area contributed by atoms with E-state index in [0.717, 1.165) is 5.56 Å². The van der Waals surface area contributed by atoms with Gasteiger partial charge in [0.05, 0.1) is 15.1 Å². The zero-order valence-electron chi connectivity index (χ0n) is 14.7. The molecule has 7 nitrogen and oxygen atoms in total. The van der Waals surface area contributed by atoms with Gasteiger partial charge in [0.15, 0.2) is 5.13 Å². The maximum absolute atomic E-state index is 12.2. The number of anilines is 1. The lowest BCUT2D eigenvalue weighted by Crippen LogP contribution is -2.07. The fourth-order valence-corrected chi connectivity index (χ4v) is 3.62. The molecular weight excluding hydrogens is 414 g/mol. The lowest BCUT2D eigenvalue weighted by atomic mass is 10.2. The van der Waals surface area contributed by atoms with Gasteiger partial charge in [-0.25, -0.2) is 4.98 Å². The van der Waals surface area contributed by atoms with Gasteiger partial charge in [-0.3, -0.25) is 20.2 Å². The number of rotatable bonds is 5. The second-order valence-electron chi connectivity index (χ2n) is 5.96. The number of amides is 1. The van der Waals surface area contributed by atoms with Crippen molar-refractivity contribution in [2.75, 3.05) is 5.32 Å². The number of aromatic nitrogens is 1. The Morgan fingerprint density at radius 3 is 2.72 bits per heavy atom. The summed E-state index contributed by atoms with van der Waals surface area (Å²) in [5.41, 5.74) is 1.44. The van der Waals surface area contributed by atoms with E-state index in [0.29, 0.717) is 31.9 Å². The van der Waals surface area contributed by atoms with E-state index in [1.165, 1.54) is 29.5 Å². The number of nitrogens with one attached hydrogen (secondary N) is 1. The second kappa shape index (κ2) is 7.86. The van der Waals surface area contributed by atoms with Crippen LogP contribution in [0, 0.1) is 10.1 Å². The number of hydrogen-bond acceptors (Lipinski definition) is 6. The number of halogens is 1. The van der Waals surface area contributed by atoms with Crippen molar-refractivity contribution in [2.45, 2.75) is 0 Å². The summed E-state index contributed by atoms with van der Waals surface area (Å²) in [5, 5.41) is 14.5. The molecule has 2 heterocycles. The van der Waals surface area contributed by atoms with Gasteiger partial charge in [-0.15, -0.1) is 0 Å². The molecule has 0 atom stereocenters. The normalized spacial score (nSPS) is 11.2. The summed E-state index contributed by atoms with van der Waals surface area (Å²) >= 11 is 7.05. The molecule has 2 aromatic carbocycles. The van der Waals surface area contributed by atoms with Gasteiger partial charge in [0, 0.05) is 28.8 Å². The van der Waals surface area contributed by atoms with Crippen LogP contribution in [-0.4, -0.2) is 15.8 Å². The Labute approximate surface area is 173 Å². The minimum atomic E-state index is -0.470. The number of hydrogen-bond donors (Lipinski definition) is 1. The van der Waals surface area contributed by atoms with Crippen LogP contribution in [0.5, 0.6) is 0 Å². The molecule has 0 aliphatic heterocycles. The molecule has 0 fully saturated rings. The third-order valence-electron chi connectivity index (χ3n) is 3.97. The van der Waals surface area contributed by atoms with Crippen molar-refractivity contribution in [1.82, 2.24) is 4.98 Å². The van der Waals surface area contributed by atoms with Crippen LogP contribution in [0.25, 0.3) is 27.6 Å². The monoisotopic (exact) mass is 425 g/mol. The minimum absolute atomic E-state index is 0.0202. The molecule has 4 rings (SSSR count). The Hall–Kier alpha value is -3.49. The molecule has 144 valence electrons. The number of non-ortho nitro benzene ring substituents is 1. The SMILES string of the molecule is O=C(C=Cc1ccc(-c2ccc(Cl)cc2)o1)Nc1nc2ccc([N+](=O)[O-])cc2s1. The number of nitro benzene ring substituents is 1. The van der Waals surface area contributed by atoms with E-state index in [2.05, 4.69) is 10.3 Å². The molecule has 9 heteroatoms. The number of carbonyl (C=O) groups excluding carboxylic acids is 1. The van der Waals surface area contributed by atoms with Crippen LogP contribution in [0.2, 0.25) is 5.02 Å². The lowest BCUT2D eigenvalue weighted by Gasteiger charge is -1.96. The van der Waals surface area contributed by atoms with Crippen molar-refractivity contribution in [2.24, 2.45) is 0 Å². The average molecular weight is 426 g/mol. The topological polar surface area (TPSA) is 98.3 Å². The van der Waals surface area contributed by atoms with Crippen LogP contribution in [0.4, 0.5) is 10.8 Å². The van der Waals surface area contributed by atoms with Crippen LogP contribution < -0.4 is 5.32 Å². The van der Waals surface area contributed by atoms with Crippen LogP contribution in [0.1, 0.15) is 5.76 Å². The summed E-state index contributed by atoms with van der Waals surface area (Å²) in [6.07, 6.45) is 2.88. The van der Waals surface area contributed by atoms with Gasteiger partial charge in [0.25, 0.3) is 5.69 Å². The summed E-state index contributed by atoms with van der Waals surface area (Å²) in [5.74, 6) is 0.794. The van der Waals surface area contributed by atoms with Crippen molar-refractivity contribution in [1.29, 1.82) is 0 Å². The maximum Gasteiger partial charge on any atom is 0.270 e. The number of nitro groups is 1. The molecule has 0 unspecified atom stereocenters. The summed E-state index contributed by atoms with van der Waals surface area (Å²) in [7, 11) is 0. The third kappa shape index (κ3) is 4.34. The molecule has 0 bridgehead atoms. The van der Waals surface area contributed by atoms with Crippen molar-refractivity contribution in [3.8, 4) is 11.3 Å². The van der Waals surface area contributed by atoms with E-state index >= 15 is 0 Å². The summed E-state index contributed by atoms with van der Waals surface area (Å²) in [6, 6.07) is 15.2. The number of nitrogens with zero attached hydrogens (tertiary/aromatic N) is 2. The quantitative estimate of drug-likeness (QED) is 0.248. The van der Waals surface area contributed by atoms with Gasteiger partial charge in [-0.1, -0.05) is 22.9 Å². The predicted molar refractivity (Wildman–Crippen MR) is 113 cm³/mol.